The van der Waals surface area contributed by atoms with E-state index in [1.54, 1.807) is 11.0 Å². The molecule has 1 aliphatic rings. The van der Waals surface area contributed by atoms with Gasteiger partial charge in [-0.1, -0.05) is 6.92 Å². The van der Waals surface area contributed by atoms with Crippen LogP contribution >= 0.6 is 15.9 Å². The predicted octanol–water partition coefficient (Wildman–Crippen LogP) is 3.11. The number of benzene rings is 1. The van der Waals surface area contributed by atoms with Crippen LogP contribution < -0.4 is 5.32 Å². The van der Waals surface area contributed by atoms with Gasteiger partial charge in [0.05, 0.1) is 4.47 Å². The van der Waals surface area contributed by atoms with Crippen molar-refractivity contribution in [3.8, 4) is 0 Å². The van der Waals surface area contributed by atoms with Crippen LogP contribution in [0.1, 0.15) is 43.0 Å². The fraction of sp³-hybridized carbons (Fsp3) is 0.500. The molecule has 1 N–H and O–H groups in total. The Kier molecular flexibility index (Phi) is 5.94. The molecule has 0 spiro atoms. The maximum absolute atomic E-state index is 13.6. The van der Waals surface area contributed by atoms with Crippen LogP contribution in [0, 0.1) is 5.82 Å². The minimum atomic E-state index is -0.448. The summed E-state index contributed by atoms with van der Waals surface area (Å²) in [6.07, 6.45) is 3.01. The highest BCUT2D eigenvalue weighted by molar-refractivity contribution is 9.10. The van der Waals surface area contributed by atoms with Gasteiger partial charge in [-0.15, -0.1) is 0 Å². The molecule has 1 unspecified atom stereocenters. The minimum Gasteiger partial charge on any atom is -0.352 e. The summed E-state index contributed by atoms with van der Waals surface area (Å²) in [6, 6.07) is 4.37. The Morgan fingerprint density at radius 1 is 1.45 bits per heavy atom. The summed E-state index contributed by atoms with van der Waals surface area (Å²) in [5.41, 5.74) is 0.334. The second-order valence-electron chi connectivity index (χ2n) is 5.54. The summed E-state index contributed by atoms with van der Waals surface area (Å²) < 4.78 is 13.9. The maximum Gasteiger partial charge on any atom is 0.254 e. The van der Waals surface area contributed by atoms with E-state index in [4.69, 9.17) is 0 Å². The molecule has 1 aliphatic heterocycles. The van der Waals surface area contributed by atoms with Gasteiger partial charge in [0.2, 0.25) is 5.91 Å². The number of amides is 2. The van der Waals surface area contributed by atoms with Gasteiger partial charge in [0.15, 0.2) is 0 Å². The average Bonchev–Trinajstić information content (AvgIpc) is 2.50. The number of hydrogen-bond donors (Lipinski definition) is 1. The summed E-state index contributed by atoms with van der Waals surface area (Å²) in [4.78, 5) is 25.8. The van der Waals surface area contributed by atoms with Crippen LogP contribution in [0.4, 0.5) is 4.39 Å². The average molecular weight is 371 g/mol. The van der Waals surface area contributed by atoms with Crippen LogP contribution in [-0.4, -0.2) is 35.8 Å². The Labute approximate surface area is 138 Å². The zero-order valence-electron chi connectivity index (χ0n) is 12.6. The standard InChI is InChI=1S/C16H20BrFN2O2/c1-2-4-15(21)19-12-5-3-8-20(10-12)16(22)11-6-7-13(17)14(18)9-11/h6-7,9,12H,2-5,8,10H2,1H3,(H,19,21). The van der Waals surface area contributed by atoms with E-state index in [1.807, 2.05) is 6.92 Å². The van der Waals surface area contributed by atoms with Gasteiger partial charge in [-0.3, -0.25) is 9.59 Å². The highest BCUT2D eigenvalue weighted by atomic mass is 79.9. The van der Waals surface area contributed by atoms with Gasteiger partial charge in [0, 0.05) is 31.1 Å². The van der Waals surface area contributed by atoms with Crippen LogP contribution in [0.25, 0.3) is 0 Å². The molecule has 0 bridgehead atoms. The normalized spacial score (nSPS) is 18.1. The number of piperidine rings is 1. The highest BCUT2D eigenvalue weighted by Gasteiger charge is 2.25. The Morgan fingerprint density at radius 2 is 2.23 bits per heavy atom. The predicted molar refractivity (Wildman–Crippen MR) is 86.1 cm³/mol. The molecule has 0 radical (unpaired) electrons. The lowest BCUT2D eigenvalue weighted by Gasteiger charge is -2.33. The first-order valence-corrected chi connectivity index (χ1v) is 8.34. The molecule has 2 rings (SSSR count). The van der Waals surface area contributed by atoms with E-state index in [9.17, 15) is 14.0 Å². The van der Waals surface area contributed by atoms with Crippen LogP contribution in [0.15, 0.2) is 22.7 Å². The van der Waals surface area contributed by atoms with E-state index in [0.29, 0.717) is 29.5 Å². The van der Waals surface area contributed by atoms with Gasteiger partial charge in [-0.05, 0) is 53.4 Å². The van der Waals surface area contributed by atoms with E-state index < -0.39 is 5.82 Å². The number of halogens is 2. The molecule has 4 nitrogen and oxygen atoms in total. The van der Waals surface area contributed by atoms with Crippen molar-refractivity contribution in [3.05, 3.63) is 34.1 Å². The Balaban J connectivity index is 2.00. The largest absolute Gasteiger partial charge is 0.352 e. The lowest BCUT2D eigenvalue weighted by Crippen LogP contribution is -2.49. The van der Waals surface area contributed by atoms with Gasteiger partial charge in [-0.25, -0.2) is 4.39 Å². The summed E-state index contributed by atoms with van der Waals surface area (Å²) >= 11 is 3.08. The van der Waals surface area contributed by atoms with Crippen LogP contribution in [0.2, 0.25) is 0 Å². The van der Waals surface area contributed by atoms with E-state index in [1.165, 1.54) is 12.1 Å². The van der Waals surface area contributed by atoms with Gasteiger partial charge in [0.25, 0.3) is 5.91 Å². The van der Waals surface area contributed by atoms with E-state index >= 15 is 0 Å². The van der Waals surface area contributed by atoms with Crippen LogP contribution in [0.5, 0.6) is 0 Å². The Morgan fingerprint density at radius 3 is 2.91 bits per heavy atom. The van der Waals surface area contributed by atoms with Crippen molar-refractivity contribution in [2.24, 2.45) is 0 Å². The number of nitrogens with zero attached hydrogens (tertiary/aromatic N) is 1. The monoisotopic (exact) mass is 370 g/mol. The number of rotatable bonds is 4. The van der Waals surface area contributed by atoms with Crippen LogP contribution in [0.3, 0.4) is 0 Å². The SMILES string of the molecule is CCCC(=O)NC1CCCN(C(=O)c2ccc(Br)c(F)c2)C1. The molecule has 0 aliphatic carbocycles. The minimum absolute atomic E-state index is 0.0166. The smallest absolute Gasteiger partial charge is 0.254 e. The zero-order valence-corrected chi connectivity index (χ0v) is 14.2. The zero-order chi connectivity index (χ0) is 16.1. The summed E-state index contributed by atoms with van der Waals surface area (Å²) in [5, 5.41) is 2.96. The third-order valence-corrected chi connectivity index (χ3v) is 4.36. The molecule has 1 aromatic carbocycles. The van der Waals surface area contributed by atoms with Crippen molar-refractivity contribution in [1.29, 1.82) is 0 Å². The second kappa shape index (κ2) is 7.72. The molecule has 2 amide bonds. The van der Waals surface area contributed by atoms with Gasteiger partial charge < -0.3 is 10.2 Å². The summed E-state index contributed by atoms with van der Waals surface area (Å²) in [7, 11) is 0. The van der Waals surface area contributed by atoms with Gasteiger partial charge >= 0.3 is 0 Å². The Hall–Kier alpha value is -1.43. The van der Waals surface area contributed by atoms with Crippen LogP contribution in [-0.2, 0) is 4.79 Å². The quantitative estimate of drug-likeness (QED) is 0.884. The third kappa shape index (κ3) is 4.29. The molecule has 6 heteroatoms. The molecule has 1 fully saturated rings. The molecule has 0 saturated carbocycles. The van der Waals surface area contributed by atoms with Crippen molar-refractivity contribution < 1.29 is 14.0 Å². The molecule has 1 atom stereocenters. The van der Waals surface area contributed by atoms with Crippen molar-refractivity contribution in [3.63, 3.8) is 0 Å². The lowest BCUT2D eigenvalue weighted by molar-refractivity contribution is -0.122. The molecular formula is C16H20BrFN2O2. The number of likely N-dealkylation sites (tertiary alicyclic amines) is 1. The Bertz CT molecular complexity index is 565. The first kappa shape index (κ1) is 16.9. The fourth-order valence-electron chi connectivity index (χ4n) is 2.62. The van der Waals surface area contributed by atoms with E-state index in [2.05, 4.69) is 21.2 Å². The van der Waals surface area contributed by atoms with Crippen molar-refractivity contribution in [2.75, 3.05) is 13.1 Å². The third-order valence-electron chi connectivity index (χ3n) is 3.72. The topological polar surface area (TPSA) is 49.4 Å². The van der Waals surface area contributed by atoms with E-state index in [0.717, 1.165) is 19.3 Å². The van der Waals surface area contributed by atoms with Crippen molar-refractivity contribution >= 4 is 27.7 Å². The summed E-state index contributed by atoms with van der Waals surface area (Å²) in [6.45, 7) is 3.07. The number of nitrogens with one attached hydrogen (secondary N) is 1. The van der Waals surface area contributed by atoms with Crippen molar-refractivity contribution in [2.45, 2.75) is 38.6 Å². The molecule has 120 valence electrons. The van der Waals surface area contributed by atoms with Gasteiger partial charge in [-0.2, -0.15) is 0 Å². The molecule has 1 aromatic rings. The van der Waals surface area contributed by atoms with Crippen molar-refractivity contribution in [1.82, 2.24) is 10.2 Å². The summed E-state index contributed by atoms with van der Waals surface area (Å²) in [5.74, 6) is -0.618. The lowest BCUT2D eigenvalue weighted by atomic mass is 10.0. The second-order valence-corrected chi connectivity index (χ2v) is 6.39. The molecule has 1 heterocycles. The number of carbonyl (C=O) groups excluding carboxylic acids is 2. The number of carbonyl (C=O) groups is 2. The number of hydrogen-bond acceptors (Lipinski definition) is 2. The van der Waals surface area contributed by atoms with Gasteiger partial charge in [0.1, 0.15) is 5.82 Å². The van der Waals surface area contributed by atoms with E-state index in [-0.39, 0.29) is 17.9 Å². The maximum atomic E-state index is 13.6. The fourth-order valence-corrected chi connectivity index (χ4v) is 2.86. The molecule has 1 saturated heterocycles. The molecule has 0 aromatic heterocycles. The highest BCUT2D eigenvalue weighted by Crippen LogP contribution is 2.19. The molecular weight excluding hydrogens is 351 g/mol. The first-order chi connectivity index (χ1) is 10.5. The first-order valence-electron chi connectivity index (χ1n) is 7.55. The molecule has 22 heavy (non-hydrogen) atoms.